The Balaban J connectivity index is 1.65. The van der Waals surface area contributed by atoms with E-state index in [1.54, 1.807) is 17.6 Å². The predicted octanol–water partition coefficient (Wildman–Crippen LogP) is 2.01. The van der Waals surface area contributed by atoms with Gasteiger partial charge in [-0.25, -0.2) is 4.52 Å². The van der Waals surface area contributed by atoms with Crippen LogP contribution in [0.3, 0.4) is 0 Å². The second kappa shape index (κ2) is 5.63. The lowest BCUT2D eigenvalue weighted by Crippen LogP contribution is -2.25. The van der Waals surface area contributed by atoms with E-state index in [1.807, 2.05) is 18.3 Å². The predicted molar refractivity (Wildman–Crippen MR) is 76.4 cm³/mol. The van der Waals surface area contributed by atoms with Crippen LogP contribution in [0, 0.1) is 0 Å². The van der Waals surface area contributed by atoms with Crippen LogP contribution in [0.2, 0.25) is 0 Å². The average molecular weight is 273 g/mol. The van der Waals surface area contributed by atoms with Crippen molar-refractivity contribution in [3.8, 4) is 5.75 Å². The summed E-state index contributed by atoms with van der Waals surface area (Å²) in [6.07, 6.45) is 6.03. The summed E-state index contributed by atoms with van der Waals surface area (Å²) >= 11 is 0. The fourth-order valence-electron chi connectivity index (χ4n) is 2.62. The number of pyridine rings is 1. The normalized spacial score (nSPS) is 15.8. The van der Waals surface area contributed by atoms with Crippen molar-refractivity contribution >= 4 is 11.3 Å². The fraction of sp³-hybridized carbons (Fsp3) is 0.467. The molecule has 0 amide bonds. The van der Waals surface area contributed by atoms with Crippen molar-refractivity contribution in [2.45, 2.75) is 19.8 Å². The second-order valence-corrected chi connectivity index (χ2v) is 5.21. The Labute approximate surface area is 118 Å². The number of ketones is 1. The molecule has 0 aromatic carbocycles. The molecule has 2 aromatic heterocycles. The van der Waals surface area contributed by atoms with Gasteiger partial charge in [-0.2, -0.15) is 5.10 Å². The summed E-state index contributed by atoms with van der Waals surface area (Å²) in [5.74, 6) is 0.817. The van der Waals surface area contributed by atoms with E-state index in [2.05, 4.69) is 10.00 Å². The third-order valence-corrected chi connectivity index (χ3v) is 3.74. The van der Waals surface area contributed by atoms with Crippen LogP contribution in [0.15, 0.2) is 24.5 Å². The first-order chi connectivity index (χ1) is 9.74. The lowest BCUT2D eigenvalue weighted by molar-refractivity contribution is 0.101. The number of carbonyl (C=O) groups is 1. The minimum Gasteiger partial charge on any atom is -0.491 e. The summed E-state index contributed by atoms with van der Waals surface area (Å²) in [5, 5.41) is 4.19. The van der Waals surface area contributed by atoms with Crippen LogP contribution in [0.25, 0.3) is 5.52 Å². The van der Waals surface area contributed by atoms with Gasteiger partial charge in [0.15, 0.2) is 5.78 Å². The molecule has 2 aromatic rings. The lowest BCUT2D eigenvalue weighted by atomic mass is 10.2. The Morgan fingerprint density at radius 3 is 2.90 bits per heavy atom. The Hall–Kier alpha value is -1.88. The SMILES string of the molecule is CC(=O)c1cnn2cc(OCCN3CCCC3)ccc12. The molecule has 1 aliphatic rings. The number of Topliss-reactive ketones (excluding diaryl/α,β-unsaturated/α-hetero) is 1. The topological polar surface area (TPSA) is 46.8 Å². The van der Waals surface area contributed by atoms with E-state index in [0.29, 0.717) is 12.2 Å². The molecule has 5 nitrogen and oxygen atoms in total. The van der Waals surface area contributed by atoms with Crippen LogP contribution in [0.5, 0.6) is 5.75 Å². The molecule has 0 unspecified atom stereocenters. The maximum atomic E-state index is 11.4. The highest BCUT2D eigenvalue weighted by atomic mass is 16.5. The molecular weight excluding hydrogens is 254 g/mol. The van der Waals surface area contributed by atoms with Gasteiger partial charge in [0.05, 0.1) is 23.5 Å². The molecule has 0 aliphatic carbocycles. The molecule has 20 heavy (non-hydrogen) atoms. The highest BCUT2D eigenvalue weighted by molar-refractivity contribution is 6.00. The van der Waals surface area contributed by atoms with E-state index in [-0.39, 0.29) is 5.78 Å². The zero-order valence-electron chi connectivity index (χ0n) is 11.7. The van der Waals surface area contributed by atoms with E-state index >= 15 is 0 Å². The Morgan fingerprint density at radius 1 is 1.35 bits per heavy atom. The maximum Gasteiger partial charge on any atom is 0.163 e. The van der Waals surface area contributed by atoms with Gasteiger partial charge in [0.25, 0.3) is 0 Å². The first-order valence-electron chi connectivity index (χ1n) is 7.07. The summed E-state index contributed by atoms with van der Waals surface area (Å²) in [7, 11) is 0. The van der Waals surface area contributed by atoms with Crippen LogP contribution in [0.4, 0.5) is 0 Å². The van der Waals surface area contributed by atoms with E-state index in [9.17, 15) is 4.79 Å². The van der Waals surface area contributed by atoms with Crippen LogP contribution >= 0.6 is 0 Å². The van der Waals surface area contributed by atoms with Crippen LogP contribution in [-0.2, 0) is 0 Å². The second-order valence-electron chi connectivity index (χ2n) is 5.21. The molecule has 1 aliphatic heterocycles. The van der Waals surface area contributed by atoms with Crippen molar-refractivity contribution in [1.82, 2.24) is 14.5 Å². The largest absolute Gasteiger partial charge is 0.491 e. The minimum atomic E-state index is 0.0303. The minimum absolute atomic E-state index is 0.0303. The Morgan fingerprint density at radius 2 is 2.15 bits per heavy atom. The van der Waals surface area contributed by atoms with Gasteiger partial charge in [-0.1, -0.05) is 0 Å². The first-order valence-corrected chi connectivity index (χ1v) is 7.07. The van der Waals surface area contributed by atoms with Gasteiger partial charge in [0.2, 0.25) is 0 Å². The summed E-state index contributed by atoms with van der Waals surface area (Å²) < 4.78 is 7.45. The number of rotatable bonds is 5. The van der Waals surface area contributed by atoms with Gasteiger partial charge in [-0.05, 0) is 45.0 Å². The molecule has 3 heterocycles. The smallest absolute Gasteiger partial charge is 0.163 e. The molecule has 1 saturated heterocycles. The number of carbonyl (C=O) groups excluding carboxylic acids is 1. The van der Waals surface area contributed by atoms with Crippen LogP contribution in [0.1, 0.15) is 30.1 Å². The molecule has 0 N–H and O–H groups in total. The van der Waals surface area contributed by atoms with Crippen LogP contribution in [-0.4, -0.2) is 46.5 Å². The molecule has 0 bridgehead atoms. The molecule has 5 heteroatoms. The molecule has 0 saturated carbocycles. The van der Waals surface area contributed by atoms with Gasteiger partial charge >= 0.3 is 0 Å². The van der Waals surface area contributed by atoms with Crippen molar-refractivity contribution in [3.63, 3.8) is 0 Å². The number of nitrogens with zero attached hydrogens (tertiary/aromatic N) is 3. The fourth-order valence-corrected chi connectivity index (χ4v) is 2.62. The van der Waals surface area contributed by atoms with Crippen LogP contribution < -0.4 is 4.74 Å². The number of ether oxygens (including phenoxy) is 1. The summed E-state index contributed by atoms with van der Waals surface area (Å²) in [5.41, 5.74) is 1.47. The van der Waals surface area contributed by atoms with Gasteiger partial charge < -0.3 is 4.74 Å². The van der Waals surface area contributed by atoms with E-state index in [4.69, 9.17) is 4.74 Å². The molecular formula is C15H19N3O2. The monoisotopic (exact) mass is 273 g/mol. The Bertz CT molecular complexity index is 615. The number of hydrogen-bond donors (Lipinski definition) is 0. The summed E-state index contributed by atoms with van der Waals surface area (Å²) in [6, 6.07) is 3.78. The quantitative estimate of drug-likeness (QED) is 0.782. The molecule has 0 atom stereocenters. The molecule has 1 fully saturated rings. The van der Waals surface area contributed by atoms with E-state index in [0.717, 1.165) is 17.8 Å². The summed E-state index contributed by atoms with van der Waals surface area (Å²) in [6.45, 7) is 5.58. The van der Waals surface area contributed by atoms with E-state index in [1.165, 1.54) is 25.9 Å². The molecule has 0 radical (unpaired) electrons. The molecule has 0 spiro atoms. The average Bonchev–Trinajstić information content (AvgIpc) is 3.06. The van der Waals surface area contributed by atoms with Crippen molar-refractivity contribution in [2.24, 2.45) is 0 Å². The Kier molecular flexibility index (Phi) is 3.69. The first kappa shape index (κ1) is 13.1. The van der Waals surface area contributed by atoms with Gasteiger partial charge in [0.1, 0.15) is 12.4 Å². The lowest BCUT2D eigenvalue weighted by Gasteiger charge is -2.14. The van der Waals surface area contributed by atoms with Crippen molar-refractivity contribution in [2.75, 3.05) is 26.2 Å². The van der Waals surface area contributed by atoms with Gasteiger partial charge in [-0.15, -0.1) is 0 Å². The van der Waals surface area contributed by atoms with Crippen molar-refractivity contribution in [1.29, 1.82) is 0 Å². The third-order valence-electron chi connectivity index (χ3n) is 3.74. The number of aromatic nitrogens is 2. The van der Waals surface area contributed by atoms with Crippen molar-refractivity contribution < 1.29 is 9.53 Å². The number of likely N-dealkylation sites (tertiary alicyclic amines) is 1. The highest BCUT2D eigenvalue weighted by Gasteiger charge is 2.11. The number of hydrogen-bond acceptors (Lipinski definition) is 4. The molecule has 3 rings (SSSR count). The maximum absolute atomic E-state index is 11.4. The zero-order valence-corrected chi connectivity index (χ0v) is 11.7. The summed E-state index contributed by atoms with van der Waals surface area (Å²) in [4.78, 5) is 13.9. The highest BCUT2D eigenvalue weighted by Crippen LogP contribution is 2.17. The third kappa shape index (κ3) is 2.67. The number of fused-ring (bicyclic) bond motifs is 1. The van der Waals surface area contributed by atoms with Gasteiger partial charge in [-0.3, -0.25) is 9.69 Å². The van der Waals surface area contributed by atoms with E-state index < -0.39 is 0 Å². The standard InChI is InChI=1S/C15H19N3O2/c1-12(19)14-10-16-18-11-13(4-5-15(14)18)20-9-8-17-6-2-3-7-17/h4-5,10-11H,2-3,6-9H2,1H3. The van der Waals surface area contributed by atoms with Gasteiger partial charge in [0, 0.05) is 6.54 Å². The van der Waals surface area contributed by atoms with Crippen molar-refractivity contribution in [3.05, 3.63) is 30.1 Å². The zero-order chi connectivity index (χ0) is 13.9. The molecule has 106 valence electrons.